The predicted molar refractivity (Wildman–Crippen MR) is 132 cm³/mol. The second-order valence-electron chi connectivity index (χ2n) is 10.2. The topological polar surface area (TPSA) is 66.5 Å². The van der Waals surface area contributed by atoms with Crippen LogP contribution in [0.2, 0.25) is 0 Å². The first kappa shape index (κ1) is 29.4. The van der Waals surface area contributed by atoms with Gasteiger partial charge in [-0.25, -0.2) is 4.39 Å². The lowest BCUT2D eigenvalue weighted by Gasteiger charge is -2.42. The van der Waals surface area contributed by atoms with E-state index in [2.05, 4.69) is 20.3 Å². The fourth-order valence-corrected chi connectivity index (χ4v) is 4.97. The van der Waals surface area contributed by atoms with Gasteiger partial charge >= 0.3 is 12.4 Å². The van der Waals surface area contributed by atoms with Gasteiger partial charge in [0.25, 0.3) is 0 Å². The Kier molecular flexibility index (Phi) is 8.37. The molecule has 3 heterocycles. The highest BCUT2D eigenvalue weighted by molar-refractivity contribution is 5.35. The Morgan fingerprint density at radius 3 is 2.10 bits per heavy atom. The van der Waals surface area contributed by atoms with Gasteiger partial charge in [0, 0.05) is 19.6 Å². The van der Waals surface area contributed by atoms with Crippen molar-refractivity contribution in [2.75, 3.05) is 26.2 Å². The number of rotatable bonds is 8. The lowest BCUT2D eigenvalue weighted by atomic mass is 10.0. The summed E-state index contributed by atoms with van der Waals surface area (Å²) >= 11 is 0. The molecule has 2 aliphatic heterocycles. The molecular formula is C27H28F7N5O2. The van der Waals surface area contributed by atoms with Crippen LogP contribution in [0.25, 0.3) is 0 Å². The standard InChI is InChI=1S/C27H28F7N5O2/c1-16(18-11-19(26(29,30)31)13-20(12-18)27(32,33)34)41-25-24(17-3-5-21(28)6-4-17)39(9-10-40-25)15-23-22(35-37-36-23)14-38-7-2-8-38/h3-6,11-13,16,24-25H,2,7-10,14-15H2,1H3,(H,35,36,37)/t16-,24+,25-/m1/s1. The van der Waals surface area contributed by atoms with Gasteiger partial charge in [-0.15, -0.1) is 0 Å². The lowest BCUT2D eigenvalue weighted by Crippen LogP contribution is -2.46. The van der Waals surface area contributed by atoms with Crippen LogP contribution >= 0.6 is 0 Å². The van der Waals surface area contributed by atoms with Crippen LogP contribution in [0.1, 0.15) is 59.1 Å². The van der Waals surface area contributed by atoms with Gasteiger partial charge in [-0.1, -0.05) is 12.1 Å². The summed E-state index contributed by atoms with van der Waals surface area (Å²) in [6.45, 7) is 4.79. The minimum absolute atomic E-state index is 0.0755. The summed E-state index contributed by atoms with van der Waals surface area (Å²) in [6.07, 6.45) is -11.2. The third-order valence-electron chi connectivity index (χ3n) is 7.32. The third-order valence-corrected chi connectivity index (χ3v) is 7.32. The van der Waals surface area contributed by atoms with Gasteiger partial charge in [-0.05, 0) is 67.9 Å². The summed E-state index contributed by atoms with van der Waals surface area (Å²) in [6, 6.07) is 6.29. The van der Waals surface area contributed by atoms with Crippen molar-refractivity contribution in [3.05, 3.63) is 81.9 Å². The fourth-order valence-electron chi connectivity index (χ4n) is 4.97. The van der Waals surface area contributed by atoms with E-state index >= 15 is 0 Å². The maximum absolute atomic E-state index is 13.8. The number of benzene rings is 2. The largest absolute Gasteiger partial charge is 0.416 e. The number of likely N-dealkylation sites (tertiary alicyclic amines) is 1. The molecule has 7 nitrogen and oxygen atoms in total. The van der Waals surface area contributed by atoms with Gasteiger partial charge in [-0.2, -0.15) is 41.8 Å². The van der Waals surface area contributed by atoms with Crippen LogP contribution < -0.4 is 0 Å². The Hall–Kier alpha value is -3.07. The van der Waals surface area contributed by atoms with Crippen molar-refractivity contribution in [3.63, 3.8) is 0 Å². The van der Waals surface area contributed by atoms with Crippen LogP contribution in [0.15, 0.2) is 42.5 Å². The van der Waals surface area contributed by atoms with E-state index in [0.29, 0.717) is 43.0 Å². The van der Waals surface area contributed by atoms with Crippen molar-refractivity contribution in [2.24, 2.45) is 0 Å². The van der Waals surface area contributed by atoms with Gasteiger partial charge in [0.15, 0.2) is 6.29 Å². The molecule has 2 aromatic carbocycles. The maximum Gasteiger partial charge on any atom is 0.416 e. The monoisotopic (exact) mass is 587 g/mol. The highest BCUT2D eigenvalue weighted by Gasteiger charge is 2.39. The van der Waals surface area contributed by atoms with Crippen molar-refractivity contribution in [1.82, 2.24) is 25.2 Å². The van der Waals surface area contributed by atoms with E-state index in [-0.39, 0.29) is 18.2 Å². The van der Waals surface area contributed by atoms with Gasteiger partial charge in [0.05, 0.1) is 29.9 Å². The van der Waals surface area contributed by atoms with Crippen LogP contribution in [0, 0.1) is 5.82 Å². The second kappa shape index (κ2) is 11.7. The number of alkyl halides is 6. The lowest BCUT2D eigenvalue weighted by molar-refractivity contribution is -0.231. The minimum atomic E-state index is -4.99. The molecule has 5 rings (SSSR count). The third kappa shape index (κ3) is 6.88. The number of ether oxygens (including phenoxy) is 2. The van der Waals surface area contributed by atoms with E-state index in [1.54, 1.807) is 12.1 Å². The SMILES string of the molecule is C[C@@H](O[C@H]1OCCN(Cc2n[nH]nc2CN2CCC2)[C@H]1c1ccc(F)cc1)c1cc(C(F)(F)F)cc(C(F)(F)F)c1. The number of H-pyrrole nitrogens is 1. The highest BCUT2D eigenvalue weighted by atomic mass is 19.4. The zero-order chi connectivity index (χ0) is 29.4. The first-order valence-electron chi connectivity index (χ1n) is 13.1. The number of nitrogens with one attached hydrogen (secondary N) is 1. The minimum Gasteiger partial charge on any atom is -0.349 e. The van der Waals surface area contributed by atoms with Crippen molar-refractivity contribution in [1.29, 1.82) is 0 Å². The number of morpholine rings is 1. The van der Waals surface area contributed by atoms with Crippen molar-refractivity contribution >= 4 is 0 Å². The fraction of sp³-hybridized carbons (Fsp3) is 0.481. The molecule has 2 saturated heterocycles. The zero-order valence-corrected chi connectivity index (χ0v) is 22.0. The van der Waals surface area contributed by atoms with Crippen LogP contribution in [0.5, 0.6) is 0 Å². The van der Waals surface area contributed by atoms with E-state index in [1.165, 1.54) is 19.1 Å². The molecule has 2 fully saturated rings. The van der Waals surface area contributed by atoms with Crippen molar-refractivity contribution in [2.45, 2.75) is 57.2 Å². The maximum atomic E-state index is 13.8. The molecular weight excluding hydrogens is 559 g/mol. The Labute approximate surface area is 231 Å². The van der Waals surface area contributed by atoms with E-state index in [4.69, 9.17) is 9.47 Å². The molecule has 1 N–H and O–H groups in total. The summed E-state index contributed by atoms with van der Waals surface area (Å²) in [4.78, 5) is 4.19. The van der Waals surface area contributed by atoms with Crippen LogP contribution in [-0.2, 0) is 34.9 Å². The Morgan fingerprint density at radius 1 is 0.927 bits per heavy atom. The number of halogens is 7. The first-order chi connectivity index (χ1) is 19.4. The average Bonchev–Trinajstić information content (AvgIpc) is 3.32. The summed E-state index contributed by atoms with van der Waals surface area (Å²) in [5.74, 6) is -0.472. The molecule has 222 valence electrons. The molecule has 0 saturated carbocycles. The summed E-state index contributed by atoms with van der Waals surface area (Å²) < 4.78 is 106. The summed E-state index contributed by atoms with van der Waals surface area (Å²) in [7, 11) is 0. The average molecular weight is 588 g/mol. The number of nitrogens with zero attached hydrogens (tertiary/aromatic N) is 4. The van der Waals surface area contributed by atoms with Gasteiger partial charge < -0.3 is 9.47 Å². The second-order valence-corrected chi connectivity index (χ2v) is 10.2. The quantitative estimate of drug-likeness (QED) is 0.333. The zero-order valence-electron chi connectivity index (χ0n) is 22.0. The molecule has 3 atom stereocenters. The molecule has 0 bridgehead atoms. The molecule has 1 aromatic heterocycles. The predicted octanol–water partition coefficient (Wildman–Crippen LogP) is 5.86. The molecule has 2 aliphatic rings. The molecule has 0 radical (unpaired) electrons. The number of aromatic nitrogens is 3. The number of hydrogen-bond acceptors (Lipinski definition) is 6. The Morgan fingerprint density at radius 2 is 1.54 bits per heavy atom. The van der Waals surface area contributed by atoms with Crippen LogP contribution in [0.3, 0.4) is 0 Å². The van der Waals surface area contributed by atoms with E-state index in [1.807, 2.05) is 4.90 Å². The summed E-state index contributed by atoms with van der Waals surface area (Å²) in [5.41, 5.74) is -1.12. The van der Waals surface area contributed by atoms with E-state index in [0.717, 1.165) is 25.2 Å². The highest BCUT2D eigenvalue weighted by Crippen LogP contribution is 2.40. The molecule has 0 amide bonds. The smallest absolute Gasteiger partial charge is 0.349 e. The molecule has 0 spiro atoms. The van der Waals surface area contributed by atoms with Crippen LogP contribution in [0.4, 0.5) is 30.7 Å². The van der Waals surface area contributed by atoms with Crippen molar-refractivity contribution < 1.29 is 40.2 Å². The van der Waals surface area contributed by atoms with E-state index in [9.17, 15) is 30.7 Å². The number of aromatic amines is 1. The van der Waals surface area contributed by atoms with Gasteiger partial charge in [0.1, 0.15) is 17.2 Å². The summed E-state index contributed by atoms with van der Waals surface area (Å²) in [5, 5.41) is 11.2. The number of hydrogen-bond donors (Lipinski definition) is 1. The van der Waals surface area contributed by atoms with Gasteiger partial charge in [0.2, 0.25) is 0 Å². The first-order valence-corrected chi connectivity index (χ1v) is 13.1. The molecule has 0 unspecified atom stereocenters. The Balaban J connectivity index is 1.43. The van der Waals surface area contributed by atoms with Crippen LogP contribution in [-0.4, -0.2) is 57.7 Å². The molecule has 3 aromatic rings. The van der Waals surface area contributed by atoms with E-state index < -0.39 is 47.7 Å². The molecule has 14 heteroatoms. The Bertz CT molecular complexity index is 1290. The van der Waals surface area contributed by atoms with Crippen molar-refractivity contribution in [3.8, 4) is 0 Å². The normalized spacial score (nSPS) is 21.6. The molecule has 41 heavy (non-hydrogen) atoms. The van der Waals surface area contributed by atoms with Gasteiger partial charge in [-0.3, -0.25) is 9.80 Å². The molecule has 0 aliphatic carbocycles.